The van der Waals surface area contributed by atoms with Gasteiger partial charge in [-0.25, -0.2) is 0 Å². The van der Waals surface area contributed by atoms with Gasteiger partial charge in [-0.3, -0.25) is 0 Å². The molecule has 0 amide bonds. The van der Waals surface area contributed by atoms with Crippen LogP contribution in [-0.4, -0.2) is 14.5 Å². The maximum atomic E-state index is 2.31. The van der Waals surface area contributed by atoms with Crippen molar-refractivity contribution in [1.82, 2.24) is 0 Å². The van der Waals surface area contributed by atoms with Gasteiger partial charge in [-0.2, -0.15) is 0 Å². The number of hydrogen-bond donors (Lipinski definition) is 0. The summed E-state index contributed by atoms with van der Waals surface area (Å²) in [4.78, 5) is 0. The van der Waals surface area contributed by atoms with Gasteiger partial charge in [-0.05, 0) is 0 Å². The van der Waals surface area contributed by atoms with Gasteiger partial charge >= 0.3 is 78.7 Å². The normalized spacial score (nSPS) is 10.9. The first-order valence-electron chi connectivity index (χ1n) is 4.15. The molecular weight excluding hydrogens is 211 g/mol. The van der Waals surface area contributed by atoms with Crippen LogP contribution >= 0.6 is 0 Å². The third-order valence-electron chi connectivity index (χ3n) is 2.33. The number of benzene rings is 1. The van der Waals surface area contributed by atoms with Crippen LogP contribution in [0.25, 0.3) is 9.65 Å². The Kier molecular flexibility index (Phi) is 1.86. The Morgan fingerprint density at radius 3 is 2.58 bits per heavy atom. The number of fused-ring (bicyclic) bond motifs is 1. The van der Waals surface area contributed by atoms with Crippen LogP contribution in [-0.2, 0) is 0 Å². The Morgan fingerprint density at radius 1 is 1.08 bits per heavy atom. The van der Waals surface area contributed by atoms with E-state index in [9.17, 15) is 0 Å². The summed E-state index contributed by atoms with van der Waals surface area (Å²) < 4.78 is 3.14. The minimum atomic E-state index is 0.604. The molecule has 0 aliphatic heterocycles. The monoisotopic (exact) mass is 224 g/mol. The van der Waals surface area contributed by atoms with Crippen LogP contribution in [0.4, 0.5) is 0 Å². The third kappa shape index (κ3) is 1.14. The molecule has 0 fully saturated rings. The van der Waals surface area contributed by atoms with E-state index < -0.39 is 0 Å². The molecule has 0 spiro atoms. The zero-order valence-corrected chi connectivity index (χ0v) is 9.35. The molecule has 1 heterocycles. The van der Waals surface area contributed by atoms with E-state index in [-0.39, 0.29) is 0 Å². The van der Waals surface area contributed by atoms with Gasteiger partial charge in [0.2, 0.25) is 0 Å². The fourth-order valence-electron chi connectivity index (χ4n) is 1.46. The molecule has 1 aromatic carbocycles. The van der Waals surface area contributed by atoms with Crippen LogP contribution in [0.5, 0.6) is 0 Å². The summed E-state index contributed by atoms with van der Waals surface area (Å²) in [6.45, 7) is 6.65. The van der Waals surface area contributed by atoms with E-state index in [0.717, 1.165) is 0 Å². The van der Waals surface area contributed by atoms with Crippen molar-refractivity contribution >= 4 is 24.1 Å². The van der Waals surface area contributed by atoms with Crippen molar-refractivity contribution in [2.24, 2.45) is 0 Å². The van der Waals surface area contributed by atoms with Gasteiger partial charge in [0.1, 0.15) is 0 Å². The molecule has 0 radical (unpaired) electrons. The Hall–Kier alpha value is -0.521. The zero-order chi connectivity index (χ0) is 8.72. The maximum absolute atomic E-state index is 2.31. The summed E-state index contributed by atoms with van der Waals surface area (Å²) in [5.41, 5.74) is 2.88. The Labute approximate surface area is 79.0 Å². The Bertz CT molecular complexity index is 424. The second-order valence-corrected chi connectivity index (χ2v) is 5.92. The molecule has 0 unspecified atom stereocenters. The van der Waals surface area contributed by atoms with Crippen molar-refractivity contribution in [3.63, 3.8) is 0 Å². The number of rotatable bonds is 0. The molecule has 0 saturated carbocycles. The molecule has 62 valence electrons. The summed E-state index contributed by atoms with van der Waals surface area (Å²) in [6.07, 6.45) is 0. The van der Waals surface area contributed by atoms with Crippen LogP contribution in [0.3, 0.4) is 0 Å². The second-order valence-electron chi connectivity index (χ2n) is 3.28. The number of aryl methyl sites for hydroxylation is 3. The van der Waals surface area contributed by atoms with Crippen molar-refractivity contribution in [2.75, 3.05) is 0 Å². The summed E-state index contributed by atoms with van der Waals surface area (Å²) in [7, 11) is 0. The first-order valence-corrected chi connectivity index (χ1v) is 5.86. The predicted molar refractivity (Wildman–Crippen MR) is 55.1 cm³/mol. The van der Waals surface area contributed by atoms with E-state index in [0.29, 0.717) is 14.5 Å². The first-order chi connectivity index (χ1) is 5.68. The zero-order valence-electron chi connectivity index (χ0n) is 7.64. The van der Waals surface area contributed by atoms with Crippen LogP contribution in [0, 0.1) is 20.8 Å². The molecule has 0 nitrogen and oxygen atoms in total. The van der Waals surface area contributed by atoms with Crippen LogP contribution in [0.1, 0.15) is 15.6 Å². The SMILES string of the molecule is Cc1ccc2[se]c(C)c(C)c2c1. The van der Waals surface area contributed by atoms with Crippen molar-refractivity contribution < 1.29 is 0 Å². The van der Waals surface area contributed by atoms with E-state index in [1.165, 1.54) is 16.5 Å². The van der Waals surface area contributed by atoms with Gasteiger partial charge in [-0.1, -0.05) is 0 Å². The summed E-state index contributed by atoms with van der Waals surface area (Å²) >= 11 is 0.604. The van der Waals surface area contributed by atoms with Crippen molar-refractivity contribution in [3.8, 4) is 0 Å². The van der Waals surface area contributed by atoms with Crippen molar-refractivity contribution in [2.45, 2.75) is 20.8 Å². The average Bonchev–Trinajstić information content (AvgIpc) is 2.31. The van der Waals surface area contributed by atoms with Crippen LogP contribution in [0.2, 0.25) is 0 Å². The molecule has 0 N–H and O–H groups in total. The molecule has 2 aromatic rings. The minimum absolute atomic E-state index is 0.604. The third-order valence-corrected chi connectivity index (χ3v) is 4.82. The molecule has 0 bridgehead atoms. The average molecular weight is 223 g/mol. The van der Waals surface area contributed by atoms with E-state index in [1.54, 1.807) is 8.70 Å². The fourth-order valence-corrected chi connectivity index (χ4v) is 3.66. The van der Waals surface area contributed by atoms with Gasteiger partial charge in [0.05, 0.1) is 0 Å². The van der Waals surface area contributed by atoms with E-state index in [2.05, 4.69) is 39.0 Å². The van der Waals surface area contributed by atoms with Gasteiger partial charge in [0.15, 0.2) is 0 Å². The summed E-state index contributed by atoms with van der Waals surface area (Å²) in [5, 5.41) is 1.49. The van der Waals surface area contributed by atoms with Crippen molar-refractivity contribution in [3.05, 3.63) is 33.8 Å². The molecule has 0 aliphatic rings. The molecule has 1 aromatic heterocycles. The van der Waals surface area contributed by atoms with E-state index in [1.807, 2.05) is 0 Å². The molecule has 0 saturated heterocycles. The Balaban J connectivity index is 2.88. The van der Waals surface area contributed by atoms with Crippen molar-refractivity contribution in [1.29, 1.82) is 0 Å². The topological polar surface area (TPSA) is 0 Å². The number of hydrogen-bond acceptors (Lipinski definition) is 0. The molecule has 0 aliphatic carbocycles. The van der Waals surface area contributed by atoms with E-state index in [4.69, 9.17) is 0 Å². The molecule has 1 heteroatoms. The standard InChI is InChI=1S/C11H12Se/c1-7-4-5-11-10(6-7)8(2)9(3)12-11/h4-6H,1-3H3. The Morgan fingerprint density at radius 2 is 1.83 bits per heavy atom. The molecular formula is C11H12Se. The molecule has 0 atom stereocenters. The molecule has 12 heavy (non-hydrogen) atoms. The van der Waals surface area contributed by atoms with Gasteiger partial charge in [-0.15, -0.1) is 0 Å². The predicted octanol–water partition coefficient (Wildman–Crippen LogP) is 2.82. The quantitative estimate of drug-likeness (QED) is 0.602. The van der Waals surface area contributed by atoms with Crippen LogP contribution < -0.4 is 0 Å². The fraction of sp³-hybridized carbons (Fsp3) is 0.273. The van der Waals surface area contributed by atoms with E-state index >= 15 is 0 Å². The summed E-state index contributed by atoms with van der Waals surface area (Å²) in [6, 6.07) is 6.81. The van der Waals surface area contributed by atoms with Gasteiger partial charge in [0.25, 0.3) is 0 Å². The second kappa shape index (κ2) is 2.76. The summed E-state index contributed by atoms with van der Waals surface area (Å²) in [5.74, 6) is 0. The first kappa shape index (κ1) is 8.09. The molecule has 2 rings (SSSR count). The van der Waals surface area contributed by atoms with Gasteiger partial charge in [0, 0.05) is 0 Å². The van der Waals surface area contributed by atoms with Crippen LogP contribution in [0.15, 0.2) is 18.2 Å². The van der Waals surface area contributed by atoms with Gasteiger partial charge < -0.3 is 0 Å².